The molecule has 3 aromatic rings. The van der Waals surface area contributed by atoms with Crippen LogP contribution in [0.5, 0.6) is 0 Å². The molecule has 1 aliphatic rings. The van der Waals surface area contributed by atoms with Crippen LogP contribution in [0.2, 0.25) is 0 Å². The van der Waals surface area contributed by atoms with Crippen molar-refractivity contribution in [1.82, 2.24) is 14.4 Å². The summed E-state index contributed by atoms with van der Waals surface area (Å²) in [4.78, 5) is 38.5. The third kappa shape index (κ3) is 4.66. The Morgan fingerprint density at radius 3 is 2.61 bits per heavy atom. The van der Waals surface area contributed by atoms with Gasteiger partial charge in [0, 0.05) is 42.7 Å². The van der Waals surface area contributed by atoms with E-state index in [1.54, 1.807) is 12.1 Å². The van der Waals surface area contributed by atoms with Crippen molar-refractivity contribution in [2.24, 2.45) is 0 Å². The van der Waals surface area contributed by atoms with E-state index in [0.29, 0.717) is 25.9 Å². The fraction of sp³-hybridized carbons (Fsp3) is 0.320. The number of carboxylic acid groups (broad SMARTS) is 1. The minimum absolute atomic E-state index is 0.0815. The fourth-order valence-electron chi connectivity index (χ4n) is 4.57. The first-order chi connectivity index (χ1) is 15.9. The summed E-state index contributed by atoms with van der Waals surface area (Å²) in [7, 11) is 1.85. The largest absolute Gasteiger partial charge is 0.481 e. The third-order valence-electron chi connectivity index (χ3n) is 6.26. The number of carbonyl (C=O) groups is 3. The number of rotatable bonds is 8. The molecule has 0 saturated carbocycles. The van der Waals surface area contributed by atoms with Crippen LogP contribution >= 0.6 is 0 Å². The molecule has 33 heavy (non-hydrogen) atoms. The lowest BCUT2D eigenvalue weighted by molar-refractivity contribution is -0.144. The summed E-state index contributed by atoms with van der Waals surface area (Å²) in [5, 5.41) is 9.90. The van der Waals surface area contributed by atoms with E-state index < -0.39 is 12.0 Å². The van der Waals surface area contributed by atoms with E-state index in [9.17, 15) is 18.8 Å². The Morgan fingerprint density at radius 2 is 1.91 bits per heavy atom. The van der Waals surface area contributed by atoms with Gasteiger partial charge in [0.05, 0.1) is 6.04 Å². The maximum atomic E-state index is 13.4. The van der Waals surface area contributed by atoms with Gasteiger partial charge in [-0.1, -0.05) is 30.3 Å². The van der Waals surface area contributed by atoms with Crippen LogP contribution in [-0.2, 0) is 33.9 Å². The predicted molar refractivity (Wildman–Crippen MR) is 121 cm³/mol. The van der Waals surface area contributed by atoms with Crippen molar-refractivity contribution in [1.29, 1.82) is 0 Å². The second-order valence-electron chi connectivity index (χ2n) is 8.42. The SMILES string of the molecule is CN1Cc2c(c3ccccc3n2Cc2ccc(F)cc2)CC1C(=O)N(C=O)CCCC(=O)O. The highest BCUT2D eigenvalue weighted by molar-refractivity contribution is 5.92. The first-order valence-corrected chi connectivity index (χ1v) is 10.9. The Morgan fingerprint density at radius 1 is 1.18 bits per heavy atom. The van der Waals surface area contributed by atoms with Gasteiger partial charge < -0.3 is 9.67 Å². The summed E-state index contributed by atoms with van der Waals surface area (Å²) in [6.07, 6.45) is 1.06. The quantitative estimate of drug-likeness (QED) is 0.533. The molecular formula is C25H26FN3O4. The molecule has 8 heteroatoms. The number of likely N-dealkylation sites (N-methyl/N-ethyl adjacent to an activating group) is 1. The molecule has 0 bridgehead atoms. The van der Waals surface area contributed by atoms with Crippen molar-refractivity contribution in [2.75, 3.05) is 13.6 Å². The van der Waals surface area contributed by atoms with Crippen molar-refractivity contribution in [2.45, 2.75) is 38.4 Å². The van der Waals surface area contributed by atoms with E-state index in [1.165, 1.54) is 12.1 Å². The zero-order valence-corrected chi connectivity index (χ0v) is 18.4. The van der Waals surface area contributed by atoms with Crippen LogP contribution in [0.1, 0.15) is 29.7 Å². The van der Waals surface area contributed by atoms with E-state index in [2.05, 4.69) is 4.57 Å². The highest BCUT2D eigenvalue weighted by Crippen LogP contribution is 2.33. The van der Waals surface area contributed by atoms with Crippen LogP contribution in [0.15, 0.2) is 48.5 Å². The molecule has 172 valence electrons. The molecule has 0 saturated heterocycles. The number of imide groups is 1. The maximum Gasteiger partial charge on any atom is 0.303 e. The predicted octanol–water partition coefficient (Wildman–Crippen LogP) is 3.04. The summed E-state index contributed by atoms with van der Waals surface area (Å²) in [5.41, 5.74) is 4.18. The number of carbonyl (C=O) groups excluding carboxylic acids is 2. The Bertz CT molecular complexity index is 1190. The van der Waals surface area contributed by atoms with Crippen LogP contribution in [0, 0.1) is 5.82 Å². The van der Waals surface area contributed by atoms with E-state index in [1.807, 2.05) is 36.2 Å². The molecule has 1 unspecified atom stereocenters. The molecule has 2 aromatic carbocycles. The van der Waals surface area contributed by atoms with Gasteiger partial charge in [-0.05, 0) is 49.2 Å². The first-order valence-electron chi connectivity index (χ1n) is 10.9. The van der Waals surface area contributed by atoms with Gasteiger partial charge in [-0.15, -0.1) is 0 Å². The highest BCUT2D eigenvalue weighted by atomic mass is 19.1. The Hall–Kier alpha value is -3.52. The van der Waals surface area contributed by atoms with E-state index in [4.69, 9.17) is 5.11 Å². The highest BCUT2D eigenvalue weighted by Gasteiger charge is 2.35. The molecule has 1 aliphatic heterocycles. The molecule has 4 rings (SSSR count). The van der Waals surface area contributed by atoms with Crippen LogP contribution in [-0.4, -0.2) is 57.4 Å². The molecular weight excluding hydrogens is 425 g/mol. The number of carboxylic acids is 1. The summed E-state index contributed by atoms with van der Waals surface area (Å²) >= 11 is 0. The van der Waals surface area contributed by atoms with Crippen molar-refractivity contribution < 1.29 is 23.9 Å². The number of benzene rings is 2. The molecule has 7 nitrogen and oxygen atoms in total. The number of hydrogen-bond donors (Lipinski definition) is 1. The van der Waals surface area contributed by atoms with Gasteiger partial charge in [0.2, 0.25) is 12.3 Å². The van der Waals surface area contributed by atoms with Gasteiger partial charge in [0.25, 0.3) is 0 Å². The Balaban J connectivity index is 1.64. The van der Waals surface area contributed by atoms with Crippen LogP contribution < -0.4 is 0 Å². The molecule has 0 radical (unpaired) electrons. The molecule has 0 aliphatic carbocycles. The lowest BCUT2D eigenvalue weighted by atomic mass is 9.96. The van der Waals surface area contributed by atoms with Crippen molar-refractivity contribution in [3.63, 3.8) is 0 Å². The monoisotopic (exact) mass is 451 g/mol. The lowest BCUT2D eigenvalue weighted by Gasteiger charge is -2.34. The van der Waals surface area contributed by atoms with Gasteiger partial charge in [-0.3, -0.25) is 24.2 Å². The number of halogens is 1. The number of nitrogens with zero attached hydrogens (tertiary/aromatic N) is 3. The number of fused-ring (bicyclic) bond motifs is 3. The molecule has 2 heterocycles. The smallest absolute Gasteiger partial charge is 0.303 e. The van der Waals surface area contributed by atoms with Gasteiger partial charge in [0.15, 0.2) is 0 Å². The summed E-state index contributed by atoms with van der Waals surface area (Å²) in [6.45, 7) is 1.18. The van der Waals surface area contributed by atoms with Crippen LogP contribution in [0.3, 0.4) is 0 Å². The second-order valence-corrected chi connectivity index (χ2v) is 8.42. The van der Waals surface area contributed by atoms with E-state index in [0.717, 1.165) is 32.6 Å². The van der Waals surface area contributed by atoms with Gasteiger partial charge in [-0.25, -0.2) is 4.39 Å². The van der Waals surface area contributed by atoms with Crippen LogP contribution in [0.25, 0.3) is 10.9 Å². The average molecular weight is 451 g/mol. The normalized spacial score (nSPS) is 15.9. The number of hydrogen-bond acceptors (Lipinski definition) is 4. The van der Waals surface area contributed by atoms with Gasteiger partial charge >= 0.3 is 5.97 Å². The third-order valence-corrected chi connectivity index (χ3v) is 6.26. The van der Waals surface area contributed by atoms with Crippen molar-refractivity contribution in [3.8, 4) is 0 Å². The summed E-state index contributed by atoms with van der Waals surface area (Å²) < 4.78 is 15.6. The number of amides is 2. The molecule has 1 N–H and O–H groups in total. The molecule has 0 fully saturated rings. The number of para-hydroxylation sites is 1. The molecule has 2 amide bonds. The zero-order valence-electron chi connectivity index (χ0n) is 18.4. The number of aromatic nitrogens is 1. The first kappa shape index (κ1) is 22.7. The molecule has 1 aromatic heterocycles. The standard InChI is InChI=1S/C25H26FN3O4/c1-27-15-23-20(13-22(27)25(33)28(16-30)12-4-7-24(31)32)19-5-2-3-6-21(19)29(23)14-17-8-10-18(26)11-9-17/h2-3,5-6,8-11,16,22H,4,7,12-15H2,1H3,(H,31,32). The van der Waals surface area contributed by atoms with Gasteiger partial charge in [0.1, 0.15) is 5.82 Å². The molecule has 0 spiro atoms. The summed E-state index contributed by atoms with van der Waals surface area (Å²) in [5.74, 6) is -1.55. The maximum absolute atomic E-state index is 13.4. The topological polar surface area (TPSA) is 82.9 Å². The molecule has 1 atom stereocenters. The lowest BCUT2D eigenvalue weighted by Crippen LogP contribution is -2.50. The van der Waals surface area contributed by atoms with Crippen LogP contribution in [0.4, 0.5) is 4.39 Å². The van der Waals surface area contributed by atoms with E-state index >= 15 is 0 Å². The van der Waals surface area contributed by atoms with Gasteiger partial charge in [-0.2, -0.15) is 0 Å². The Labute approximate surface area is 191 Å². The summed E-state index contributed by atoms with van der Waals surface area (Å²) in [6, 6.07) is 13.9. The fourth-order valence-corrected chi connectivity index (χ4v) is 4.57. The average Bonchev–Trinajstić information content (AvgIpc) is 3.09. The Kier molecular flexibility index (Phi) is 6.55. The van der Waals surface area contributed by atoms with Crippen molar-refractivity contribution >= 4 is 29.2 Å². The zero-order chi connectivity index (χ0) is 23.5. The minimum atomic E-state index is -0.957. The van der Waals surface area contributed by atoms with Crippen molar-refractivity contribution in [3.05, 3.63) is 71.2 Å². The second kappa shape index (κ2) is 9.54. The number of aliphatic carboxylic acids is 1. The van der Waals surface area contributed by atoms with E-state index in [-0.39, 0.29) is 31.1 Å². The minimum Gasteiger partial charge on any atom is -0.481 e.